The van der Waals surface area contributed by atoms with E-state index in [9.17, 15) is 0 Å². The smallest absolute Gasteiger partial charge is 0.0562 e. The van der Waals surface area contributed by atoms with E-state index in [1.165, 1.54) is 115 Å². The number of hydrogen-bond donors (Lipinski definition) is 0. The van der Waals surface area contributed by atoms with E-state index in [1.54, 1.807) is 0 Å². The molecule has 2 heteroatoms. The zero-order chi connectivity index (χ0) is 37.2. The second kappa shape index (κ2) is 11.6. The molecule has 0 radical (unpaired) electrons. The lowest BCUT2D eigenvalue weighted by Crippen LogP contribution is -2.11. The second-order valence-corrected chi connectivity index (χ2v) is 16.8. The maximum atomic E-state index is 2.55. The van der Waals surface area contributed by atoms with Gasteiger partial charge in [0.15, 0.2) is 0 Å². The fraction of sp³-hybridized carbons (Fsp3) is 0.132. The van der Waals surface area contributed by atoms with Crippen molar-refractivity contribution in [3.8, 4) is 11.4 Å². The molecule has 0 aliphatic carbocycles. The Bertz CT molecular complexity index is 3310. The van der Waals surface area contributed by atoms with Crippen LogP contribution in [0.3, 0.4) is 0 Å². The van der Waals surface area contributed by atoms with Crippen LogP contribution in [0.15, 0.2) is 152 Å². The van der Waals surface area contributed by atoms with Crippen molar-refractivity contribution in [2.45, 2.75) is 46.5 Å². The van der Waals surface area contributed by atoms with Crippen molar-refractivity contribution in [3.05, 3.63) is 179 Å². The highest BCUT2D eigenvalue weighted by molar-refractivity contribution is 6.27. The van der Waals surface area contributed by atoms with Crippen molar-refractivity contribution in [2.75, 3.05) is 0 Å². The van der Waals surface area contributed by atoms with Crippen LogP contribution < -0.4 is 0 Å². The van der Waals surface area contributed by atoms with Gasteiger partial charge in [-0.15, -0.1) is 0 Å². The van der Waals surface area contributed by atoms with E-state index in [0.29, 0.717) is 0 Å². The van der Waals surface area contributed by atoms with Gasteiger partial charge in [0.05, 0.1) is 33.4 Å². The van der Waals surface area contributed by atoms with Crippen LogP contribution in [0.5, 0.6) is 0 Å². The molecule has 0 fully saturated rings. The molecule has 11 rings (SSSR count). The van der Waals surface area contributed by atoms with Gasteiger partial charge in [0.2, 0.25) is 0 Å². The number of nitrogens with zero attached hydrogens (tertiary/aromatic N) is 2. The van der Waals surface area contributed by atoms with Gasteiger partial charge >= 0.3 is 0 Å². The van der Waals surface area contributed by atoms with Crippen molar-refractivity contribution in [3.63, 3.8) is 0 Å². The molecule has 0 unspecified atom stereocenters. The average Bonchev–Trinajstić information content (AvgIpc) is 3.69. The van der Waals surface area contributed by atoms with Gasteiger partial charge in [-0.2, -0.15) is 0 Å². The Hall–Kier alpha value is -6.38. The van der Waals surface area contributed by atoms with Crippen LogP contribution >= 0.6 is 0 Å². The van der Waals surface area contributed by atoms with Crippen LogP contribution in [0.4, 0.5) is 0 Å². The second-order valence-electron chi connectivity index (χ2n) is 16.8. The monoisotopic (exact) mass is 706 g/mol. The fourth-order valence-corrected chi connectivity index (χ4v) is 9.35. The minimum atomic E-state index is 0.0425. The number of hydrogen-bond acceptors (Lipinski definition) is 0. The Balaban J connectivity index is 1.30. The molecule has 0 amide bonds. The summed E-state index contributed by atoms with van der Waals surface area (Å²) in [7, 11) is 0. The minimum Gasteiger partial charge on any atom is -0.309 e. The molecule has 55 heavy (non-hydrogen) atoms. The summed E-state index contributed by atoms with van der Waals surface area (Å²) < 4.78 is 5.09. The molecule has 0 saturated carbocycles. The van der Waals surface area contributed by atoms with Gasteiger partial charge in [0.1, 0.15) is 0 Å². The Morgan fingerprint density at radius 3 is 1.49 bits per heavy atom. The van der Waals surface area contributed by atoms with E-state index in [2.05, 4.69) is 195 Å². The van der Waals surface area contributed by atoms with Crippen molar-refractivity contribution in [1.82, 2.24) is 9.13 Å². The van der Waals surface area contributed by atoms with Crippen LogP contribution in [-0.4, -0.2) is 9.13 Å². The molecule has 2 heterocycles. The average molecular weight is 707 g/mol. The van der Waals surface area contributed by atoms with E-state index >= 15 is 0 Å². The lowest BCUT2D eigenvalue weighted by atomic mass is 9.83. The molecule has 0 aliphatic heterocycles. The number of fused-ring (bicyclic) bond motifs is 6. The molecule has 2 nitrogen and oxygen atoms in total. The van der Waals surface area contributed by atoms with Crippen LogP contribution in [-0.2, 0) is 11.8 Å². The highest BCUT2D eigenvalue weighted by atomic mass is 15.0. The summed E-state index contributed by atoms with van der Waals surface area (Å²) in [5.74, 6) is 0. The zero-order valence-corrected chi connectivity index (χ0v) is 32.0. The largest absolute Gasteiger partial charge is 0.309 e. The number of para-hydroxylation sites is 2. The zero-order valence-electron chi connectivity index (χ0n) is 32.0. The molecule has 0 saturated heterocycles. The van der Waals surface area contributed by atoms with Crippen LogP contribution in [0.1, 0.15) is 48.6 Å². The highest BCUT2D eigenvalue weighted by Crippen LogP contribution is 2.46. The normalized spacial score (nSPS) is 12.5. The van der Waals surface area contributed by atoms with Crippen LogP contribution in [0.25, 0.3) is 87.3 Å². The highest BCUT2D eigenvalue weighted by Gasteiger charge is 2.24. The molecular formula is C53H42N2. The molecule has 2 aromatic heterocycles. The van der Waals surface area contributed by atoms with Crippen molar-refractivity contribution < 1.29 is 0 Å². The van der Waals surface area contributed by atoms with Gasteiger partial charge in [0, 0.05) is 37.7 Å². The molecule has 264 valence electrons. The van der Waals surface area contributed by atoms with E-state index in [0.717, 1.165) is 6.42 Å². The summed E-state index contributed by atoms with van der Waals surface area (Å²) in [4.78, 5) is 0. The molecule has 0 N–H and O–H groups in total. The third-order valence-corrected chi connectivity index (χ3v) is 12.1. The first-order chi connectivity index (χ1) is 26.7. The first-order valence-electron chi connectivity index (χ1n) is 19.6. The summed E-state index contributed by atoms with van der Waals surface area (Å²) in [6, 6.07) is 57.7. The lowest BCUT2D eigenvalue weighted by molar-refractivity contribution is 0.591. The topological polar surface area (TPSA) is 9.86 Å². The Kier molecular flexibility index (Phi) is 6.74. The number of benzene rings is 9. The molecular weight excluding hydrogens is 665 g/mol. The van der Waals surface area contributed by atoms with Gasteiger partial charge in [-0.25, -0.2) is 0 Å². The summed E-state index contributed by atoms with van der Waals surface area (Å²) in [5, 5.41) is 12.9. The Morgan fingerprint density at radius 1 is 0.400 bits per heavy atom. The van der Waals surface area contributed by atoms with Crippen molar-refractivity contribution >= 4 is 75.9 Å². The predicted molar refractivity (Wildman–Crippen MR) is 236 cm³/mol. The summed E-state index contributed by atoms with van der Waals surface area (Å²) in [6.45, 7) is 11.3. The first kappa shape index (κ1) is 32.1. The molecule has 0 bridgehead atoms. The fourth-order valence-electron chi connectivity index (χ4n) is 9.35. The summed E-state index contributed by atoms with van der Waals surface area (Å²) in [6.07, 6.45) is 0.887. The van der Waals surface area contributed by atoms with Crippen LogP contribution in [0, 0.1) is 13.8 Å². The standard InChI is InChI=1S/C53H42N2/c1-32-14-17-34(18-15-32)27-35-19-23-42-40-11-7-9-13-46(40)55(48(42)28-35)50-31-49(54-45-12-8-6-10-39(45)41-22-16-33(2)26-47(41)54)43-24-20-36-29-38(53(3,4)5)30-37-21-25-44(50)52(43)51(36)37/h6-26,28-31H,27H2,1-5H3. The maximum Gasteiger partial charge on any atom is 0.0562 e. The number of aromatic nitrogens is 2. The van der Waals surface area contributed by atoms with Gasteiger partial charge in [0.25, 0.3) is 0 Å². The third-order valence-electron chi connectivity index (χ3n) is 12.1. The Morgan fingerprint density at radius 2 is 0.891 bits per heavy atom. The van der Waals surface area contributed by atoms with Crippen LogP contribution in [0.2, 0.25) is 0 Å². The summed E-state index contributed by atoms with van der Waals surface area (Å²) in [5.41, 5.74) is 13.9. The van der Waals surface area contributed by atoms with Gasteiger partial charge < -0.3 is 9.13 Å². The van der Waals surface area contributed by atoms with Crippen molar-refractivity contribution in [1.29, 1.82) is 0 Å². The minimum absolute atomic E-state index is 0.0425. The van der Waals surface area contributed by atoms with E-state index in [-0.39, 0.29) is 5.41 Å². The van der Waals surface area contributed by atoms with Gasteiger partial charge in [-0.1, -0.05) is 148 Å². The molecule has 9 aromatic carbocycles. The summed E-state index contributed by atoms with van der Waals surface area (Å²) >= 11 is 0. The SMILES string of the molecule is Cc1ccc(Cc2ccc3c4ccccc4n(-c4cc(-n5c6ccccc6c6ccc(C)cc65)c5ccc6cc(C(C)(C)C)cc7ccc4c5c67)c3c2)cc1. The quantitative estimate of drug-likeness (QED) is 0.161. The number of rotatable bonds is 4. The molecule has 0 aliphatic rings. The first-order valence-corrected chi connectivity index (χ1v) is 19.6. The third kappa shape index (κ3) is 4.80. The molecule has 0 spiro atoms. The molecule has 11 aromatic rings. The van der Waals surface area contributed by atoms with Gasteiger partial charge in [-0.05, 0) is 94.4 Å². The van der Waals surface area contributed by atoms with E-state index in [1.807, 2.05) is 0 Å². The van der Waals surface area contributed by atoms with E-state index in [4.69, 9.17) is 0 Å². The van der Waals surface area contributed by atoms with Crippen molar-refractivity contribution in [2.24, 2.45) is 0 Å². The van der Waals surface area contributed by atoms with E-state index < -0.39 is 0 Å². The predicted octanol–water partition coefficient (Wildman–Crippen LogP) is 14.3. The lowest BCUT2D eigenvalue weighted by Gasteiger charge is -2.23. The number of aryl methyl sites for hydroxylation is 2. The molecule has 0 atom stereocenters. The maximum absolute atomic E-state index is 2.55. The van der Waals surface area contributed by atoms with Gasteiger partial charge in [-0.3, -0.25) is 0 Å². The Labute approximate surface area is 321 Å².